The lowest BCUT2D eigenvalue weighted by Gasteiger charge is -2.12. The Bertz CT molecular complexity index is 399. The number of allylic oxidation sites excluding steroid dienone is 2. The van der Waals surface area contributed by atoms with E-state index in [1.807, 2.05) is 0 Å². The van der Waals surface area contributed by atoms with Gasteiger partial charge in [0.25, 0.3) is 0 Å². The molecule has 0 atom stereocenters. The lowest BCUT2D eigenvalue weighted by Crippen LogP contribution is -2.33. The molecule has 0 aliphatic carbocycles. The van der Waals surface area contributed by atoms with Gasteiger partial charge in [0.2, 0.25) is 0 Å². The quantitative estimate of drug-likeness (QED) is 0.0936. The molecule has 0 fully saturated rings. The van der Waals surface area contributed by atoms with Crippen molar-refractivity contribution in [2.24, 2.45) is 17.2 Å². The maximum atomic E-state index is 10.3. The number of aliphatic carboxylic acids is 1. The Morgan fingerprint density at radius 3 is 1.48 bits per heavy atom. The monoisotopic (exact) mass is 473 g/mol. The molecule has 7 N–H and O–H groups in total. The Morgan fingerprint density at radius 2 is 1.09 bits per heavy atom. The van der Waals surface area contributed by atoms with Gasteiger partial charge in [0.15, 0.2) is 0 Å². The minimum Gasteiger partial charge on any atom is -0.481 e. The second-order valence-corrected chi connectivity index (χ2v) is 8.00. The van der Waals surface area contributed by atoms with Crippen molar-refractivity contribution < 1.29 is 23.9 Å². The summed E-state index contributed by atoms with van der Waals surface area (Å²) in [4.78, 5) is 10.3. The molecule has 0 aliphatic rings. The summed E-state index contributed by atoms with van der Waals surface area (Å²) < 4.78 is 15.3. The molecule has 196 valence electrons. The van der Waals surface area contributed by atoms with Crippen LogP contribution in [0.3, 0.4) is 0 Å². The van der Waals surface area contributed by atoms with Gasteiger partial charge in [-0.2, -0.15) is 0 Å². The number of unbranched alkanes of at least 4 members (excludes halogenated alkanes) is 11. The molecule has 0 aromatic carbocycles. The molecule has 33 heavy (non-hydrogen) atoms. The van der Waals surface area contributed by atoms with E-state index in [1.54, 1.807) is 0 Å². The number of nitrogens with two attached hydrogens (primary N) is 3. The van der Waals surface area contributed by atoms with Crippen molar-refractivity contribution in [3.05, 3.63) is 12.2 Å². The van der Waals surface area contributed by atoms with Crippen LogP contribution in [0.2, 0.25) is 0 Å². The molecule has 0 amide bonds. The Kier molecular flexibility index (Phi) is 32.2. The lowest BCUT2D eigenvalue weighted by atomic mass is 10.1. The summed E-state index contributed by atoms with van der Waals surface area (Å²) in [5, 5.41) is 8.51. The Labute approximate surface area is 203 Å². The van der Waals surface area contributed by atoms with E-state index in [2.05, 4.69) is 19.1 Å². The van der Waals surface area contributed by atoms with Gasteiger partial charge in [-0.3, -0.25) is 4.79 Å². The molecule has 0 rings (SSSR count). The minimum absolute atomic E-state index is 0.332. The number of rotatable bonds is 24. The van der Waals surface area contributed by atoms with Crippen LogP contribution in [0.1, 0.15) is 96.8 Å². The first-order valence-corrected chi connectivity index (χ1v) is 12.9. The van der Waals surface area contributed by atoms with Crippen LogP contribution < -0.4 is 17.2 Å². The average molecular weight is 474 g/mol. The normalized spacial score (nSPS) is 10.9. The molecule has 0 saturated heterocycles. The van der Waals surface area contributed by atoms with Crippen LogP contribution in [0.4, 0.5) is 0 Å². The van der Waals surface area contributed by atoms with Crippen LogP contribution in [0.15, 0.2) is 12.2 Å². The molecular weight excluding hydrogens is 421 g/mol. The van der Waals surface area contributed by atoms with E-state index in [9.17, 15) is 4.79 Å². The van der Waals surface area contributed by atoms with Gasteiger partial charge in [-0.1, -0.05) is 70.4 Å². The summed E-state index contributed by atoms with van der Waals surface area (Å²) in [5.74, 6) is -0.664. The highest BCUT2D eigenvalue weighted by Gasteiger charge is 2.19. The van der Waals surface area contributed by atoms with E-state index in [0.717, 1.165) is 12.8 Å². The number of carbonyl (C=O) groups is 1. The van der Waals surface area contributed by atoms with Crippen molar-refractivity contribution in [2.75, 3.05) is 39.5 Å². The van der Waals surface area contributed by atoms with Gasteiger partial charge in [-0.05, 0) is 32.1 Å². The Balaban J connectivity index is 0. The van der Waals surface area contributed by atoms with Gasteiger partial charge >= 0.3 is 13.3 Å². The van der Waals surface area contributed by atoms with Crippen molar-refractivity contribution in [1.82, 2.24) is 0 Å². The first-order valence-electron chi connectivity index (χ1n) is 12.9. The van der Waals surface area contributed by atoms with Crippen LogP contribution in [-0.2, 0) is 18.8 Å². The molecule has 0 aliphatic heterocycles. The van der Waals surface area contributed by atoms with Crippen LogP contribution in [0.5, 0.6) is 0 Å². The predicted octanol–water partition coefficient (Wildman–Crippen LogP) is 4.01. The molecule has 0 heterocycles. The smallest absolute Gasteiger partial charge is 0.481 e. The molecule has 0 unspecified atom stereocenters. The van der Waals surface area contributed by atoms with Crippen LogP contribution in [0, 0.1) is 0 Å². The van der Waals surface area contributed by atoms with Crippen molar-refractivity contribution in [3.63, 3.8) is 0 Å². The number of carboxylic acids is 1. The maximum absolute atomic E-state index is 10.3. The summed E-state index contributed by atoms with van der Waals surface area (Å²) in [6.07, 6.45) is 21.2. The second kappa shape index (κ2) is 31.0. The number of hydrogen-bond acceptors (Lipinski definition) is 7. The third kappa shape index (κ3) is 33.3. The summed E-state index contributed by atoms with van der Waals surface area (Å²) in [5.41, 5.74) is 15.7. The fourth-order valence-corrected chi connectivity index (χ4v) is 2.98. The maximum Gasteiger partial charge on any atom is 0.639 e. The molecule has 9 heteroatoms. The standard InChI is InChI=1S/C18H34O2.C6H18BN3O3/c1-2-3-4-5-6-7-8-9-10-11-12-13-14-15-16-17-18(19)20;8-1-4-11-7(12-5-2-9)13-6-3-10/h9-10H,2-8,11-17H2,1H3,(H,19,20);1-6,8-10H2/b10-9-;. The Hall–Kier alpha value is -0.965. The number of carboxylic acid groups (broad SMARTS) is 1. The molecule has 0 aromatic heterocycles. The molecule has 0 radical (unpaired) electrons. The van der Waals surface area contributed by atoms with E-state index in [1.165, 1.54) is 70.6 Å². The fraction of sp³-hybridized carbons (Fsp3) is 0.875. The third-order valence-electron chi connectivity index (χ3n) is 4.77. The van der Waals surface area contributed by atoms with E-state index in [0.29, 0.717) is 45.9 Å². The highest BCUT2D eigenvalue weighted by Crippen LogP contribution is 2.09. The van der Waals surface area contributed by atoms with Gasteiger partial charge < -0.3 is 36.3 Å². The second-order valence-electron chi connectivity index (χ2n) is 8.00. The van der Waals surface area contributed by atoms with E-state index in [4.69, 9.17) is 36.3 Å². The third-order valence-corrected chi connectivity index (χ3v) is 4.77. The van der Waals surface area contributed by atoms with Gasteiger partial charge in [-0.25, -0.2) is 0 Å². The van der Waals surface area contributed by atoms with Crippen molar-refractivity contribution in [2.45, 2.75) is 96.8 Å². The summed E-state index contributed by atoms with van der Waals surface area (Å²) in [7, 11) is -0.698. The molecule has 0 aromatic rings. The predicted molar refractivity (Wildman–Crippen MR) is 138 cm³/mol. The van der Waals surface area contributed by atoms with Gasteiger partial charge in [-0.15, -0.1) is 0 Å². The first-order chi connectivity index (χ1) is 16.1. The molecule has 0 spiro atoms. The van der Waals surface area contributed by atoms with E-state index < -0.39 is 13.3 Å². The van der Waals surface area contributed by atoms with E-state index >= 15 is 0 Å². The van der Waals surface area contributed by atoms with Gasteiger partial charge in [0.05, 0.1) is 0 Å². The molecule has 0 saturated carbocycles. The summed E-state index contributed by atoms with van der Waals surface area (Å²) in [6, 6.07) is 0. The topological polar surface area (TPSA) is 143 Å². The average Bonchev–Trinajstić information content (AvgIpc) is 2.81. The van der Waals surface area contributed by atoms with Gasteiger partial charge in [0.1, 0.15) is 0 Å². The first kappa shape index (κ1) is 34.2. The molecule has 8 nitrogen and oxygen atoms in total. The summed E-state index contributed by atoms with van der Waals surface area (Å²) >= 11 is 0. The van der Waals surface area contributed by atoms with Crippen LogP contribution in [0.25, 0.3) is 0 Å². The van der Waals surface area contributed by atoms with Crippen molar-refractivity contribution in [1.29, 1.82) is 0 Å². The zero-order valence-electron chi connectivity index (χ0n) is 21.2. The molecular formula is C24H52BN3O5. The SMILES string of the molecule is CCCCCCCC/C=C\CCCCCCCC(=O)O.NCCOB(OCCN)OCCN. The highest BCUT2D eigenvalue weighted by atomic mass is 16.7. The minimum atomic E-state index is -0.698. The largest absolute Gasteiger partial charge is 0.639 e. The zero-order chi connectivity index (χ0) is 24.8. The number of hydrogen-bond donors (Lipinski definition) is 4. The summed E-state index contributed by atoms with van der Waals surface area (Å²) in [6.45, 7) is 4.70. The van der Waals surface area contributed by atoms with Crippen molar-refractivity contribution in [3.8, 4) is 0 Å². The van der Waals surface area contributed by atoms with Crippen LogP contribution in [-0.4, -0.2) is 57.9 Å². The Morgan fingerprint density at radius 1 is 0.697 bits per heavy atom. The van der Waals surface area contributed by atoms with Gasteiger partial charge in [0, 0.05) is 45.9 Å². The van der Waals surface area contributed by atoms with E-state index in [-0.39, 0.29) is 0 Å². The lowest BCUT2D eigenvalue weighted by molar-refractivity contribution is -0.137. The zero-order valence-corrected chi connectivity index (χ0v) is 21.2. The molecule has 0 bridgehead atoms. The van der Waals surface area contributed by atoms with Crippen molar-refractivity contribution >= 4 is 13.3 Å². The fourth-order valence-electron chi connectivity index (χ4n) is 2.98. The van der Waals surface area contributed by atoms with Crippen LogP contribution >= 0.6 is 0 Å². The highest BCUT2D eigenvalue weighted by molar-refractivity contribution is 6.36.